The maximum absolute atomic E-state index is 13.6. The number of carbonyl (C=O) groups is 3. The number of para-hydroxylation sites is 1. The van der Waals surface area contributed by atoms with Crippen LogP contribution < -0.4 is 10.6 Å². The van der Waals surface area contributed by atoms with Gasteiger partial charge in [-0.3, -0.25) is 14.4 Å². The number of aromatic nitrogens is 2. The molecule has 11 heteroatoms. The Morgan fingerprint density at radius 1 is 1.12 bits per heavy atom. The van der Waals surface area contributed by atoms with Gasteiger partial charge in [0.25, 0.3) is 11.8 Å². The van der Waals surface area contributed by atoms with Crippen molar-refractivity contribution >= 4 is 23.6 Å². The summed E-state index contributed by atoms with van der Waals surface area (Å²) < 4.78 is 32.7. The summed E-state index contributed by atoms with van der Waals surface area (Å²) in [6.07, 6.45) is 1.01. The minimum Gasteiger partial charge on any atom is -0.456 e. The van der Waals surface area contributed by atoms with Crippen LogP contribution in [0.5, 0.6) is 0 Å². The molecule has 2 amide bonds. The first kappa shape index (κ1) is 23.1. The van der Waals surface area contributed by atoms with Gasteiger partial charge in [-0.15, -0.1) is 0 Å². The summed E-state index contributed by atoms with van der Waals surface area (Å²) in [6, 6.07) is 13.2. The van der Waals surface area contributed by atoms with E-state index in [-0.39, 0.29) is 29.9 Å². The minimum atomic E-state index is -1.03. The van der Waals surface area contributed by atoms with Crippen molar-refractivity contribution in [3.8, 4) is 11.8 Å². The Morgan fingerprint density at radius 3 is 2.58 bits per heavy atom. The van der Waals surface area contributed by atoms with Gasteiger partial charge in [0.15, 0.2) is 12.4 Å². The number of hydrogen-bond donors (Lipinski definition) is 2. The van der Waals surface area contributed by atoms with Crippen LogP contribution in [-0.2, 0) is 14.3 Å². The maximum atomic E-state index is 13.6. The Labute approximate surface area is 186 Å². The number of anilines is 1. The number of hydrogen-bond acceptors (Lipinski definition) is 6. The monoisotopic (exact) mass is 453 g/mol. The molecule has 0 saturated heterocycles. The molecule has 168 valence electrons. The smallest absolute Gasteiger partial charge is 0.308 e. The molecule has 2 N–H and O–H groups in total. The highest BCUT2D eigenvalue weighted by Gasteiger charge is 2.17. The summed E-state index contributed by atoms with van der Waals surface area (Å²) in [6.45, 7) is -0.820. The summed E-state index contributed by atoms with van der Waals surface area (Å²) in [5.41, 5.74) is 0.362. The second-order valence-corrected chi connectivity index (χ2v) is 6.60. The van der Waals surface area contributed by atoms with Gasteiger partial charge in [0, 0.05) is 12.6 Å². The fourth-order valence-electron chi connectivity index (χ4n) is 2.75. The van der Waals surface area contributed by atoms with Gasteiger partial charge in [-0.2, -0.15) is 10.4 Å². The molecule has 0 aliphatic carbocycles. The molecular weight excluding hydrogens is 436 g/mol. The predicted octanol–water partition coefficient (Wildman–Crippen LogP) is 2.32. The van der Waals surface area contributed by atoms with Crippen LogP contribution in [0.4, 0.5) is 14.6 Å². The molecule has 3 aromatic rings. The lowest BCUT2D eigenvalue weighted by Gasteiger charge is -2.10. The van der Waals surface area contributed by atoms with E-state index in [1.54, 1.807) is 30.3 Å². The van der Waals surface area contributed by atoms with Gasteiger partial charge in [-0.25, -0.2) is 13.5 Å². The summed E-state index contributed by atoms with van der Waals surface area (Å²) in [5.74, 6) is -4.04. The highest BCUT2D eigenvalue weighted by atomic mass is 19.1. The van der Waals surface area contributed by atoms with Gasteiger partial charge in [-0.1, -0.05) is 18.2 Å². The van der Waals surface area contributed by atoms with Crippen molar-refractivity contribution in [3.05, 3.63) is 77.5 Å². The van der Waals surface area contributed by atoms with Crippen LogP contribution in [0.15, 0.2) is 54.7 Å². The van der Waals surface area contributed by atoms with Gasteiger partial charge in [0.1, 0.15) is 23.3 Å². The third-order valence-electron chi connectivity index (χ3n) is 4.30. The zero-order valence-electron chi connectivity index (χ0n) is 17.0. The van der Waals surface area contributed by atoms with Gasteiger partial charge in [-0.05, 0) is 24.3 Å². The van der Waals surface area contributed by atoms with E-state index in [1.165, 1.54) is 10.9 Å². The number of benzene rings is 2. The van der Waals surface area contributed by atoms with E-state index in [9.17, 15) is 28.4 Å². The number of carbonyl (C=O) groups excluding carboxylic acids is 3. The Balaban J connectivity index is 1.48. The van der Waals surface area contributed by atoms with Gasteiger partial charge < -0.3 is 15.4 Å². The number of rotatable bonds is 8. The average Bonchev–Trinajstić information content (AvgIpc) is 3.20. The van der Waals surface area contributed by atoms with Crippen molar-refractivity contribution in [3.63, 3.8) is 0 Å². The lowest BCUT2D eigenvalue weighted by molar-refractivity contribution is -0.147. The van der Waals surface area contributed by atoms with E-state index in [0.717, 1.165) is 12.1 Å². The second kappa shape index (κ2) is 10.6. The Morgan fingerprint density at radius 2 is 1.88 bits per heavy atom. The number of ether oxygens (including phenoxy) is 1. The maximum Gasteiger partial charge on any atom is 0.308 e. The average molecular weight is 453 g/mol. The fourth-order valence-corrected chi connectivity index (χ4v) is 2.75. The van der Waals surface area contributed by atoms with Crippen molar-refractivity contribution in [2.24, 2.45) is 0 Å². The first-order valence-electron chi connectivity index (χ1n) is 9.61. The summed E-state index contributed by atoms with van der Waals surface area (Å²) in [4.78, 5) is 35.9. The van der Waals surface area contributed by atoms with Crippen molar-refractivity contribution in [1.29, 1.82) is 5.26 Å². The summed E-state index contributed by atoms with van der Waals surface area (Å²) in [7, 11) is 0. The molecule has 3 rings (SSSR count). The molecule has 0 bridgehead atoms. The van der Waals surface area contributed by atoms with Crippen LogP contribution in [0.2, 0.25) is 0 Å². The second-order valence-electron chi connectivity index (χ2n) is 6.60. The standard InChI is InChI=1S/C22H17F2N5O4/c23-15-6-7-17(18(24)10-15)22(32)26-9-8-20(31)33-13-19(30)28-21-14(11-25)12-27-29(21)16-4-2-1-3-5-16/h1-7,10,12H,8-9,13H2,(H,26,32)(H,28,30). The van der Waals surface area contributed by atoms with Crippen LogP contribution in [0, 0.1) is 23.0 Å². The van der Waals surface area contributed by atoms with Crippen molar-refractivity contribution < 1.29 is 27.9 Å². The van der Waals surface area contributed by atoms with Gasteiger partial charge in [0.05, 0.1) is 23.9 Å². The van der Waals surface area contributed by atoms with Gasteiger partial charge >= 0.3 is 5.97 Å². The van der Waals surface area contributed by atoms with Crippen LogP contribution >= 0.6 is 0 Å². The van der Waals surface area contributed by atoms with Crippen molar-refractivity contribution in [2.75, 3.05) is 18.5 Å². The Bertz CT molecular complexity index is 1220. The predicted molar refractivity (Wildman–Crippen MR) is 111 cm³/mol. The minimum absolute atomic E-state index is 0.120. The topological polar surface area (TPSA) is 126 Å². The molecule has 0 saturated carbocycles. The van der Waals surface area contributed by atoms with E-state index in [0.29, 0.717) is 11.8 Å². The Hall–Kier alpha value is -4.59. The molecule has 0 atom stereocenters. The lowest BCUT2D eigenvalue weighted by Crippen LogP contribution is -2.28. The van der Waals surface area contributed by atoms with Crippen LogP contribution in [0.3, 0.4) is 0 Å². The SMILES string of the molecule is N#Cc1cnn(-c2ccccc2)c1NC(=O)COC(=O)CCNC(=O)c1ccc(F)cc1F. The summed E-state index contributed by atoms with van der Waals surface area (Å²) in [5, 5.41) is 18.1. The van der Waals surface area contributed by atoms with Crippen molar-refractivity contribution in [1.82, 2.24) is 15.1 Å². The molecular formula is C22H17F2N5O4. The van der Waals surface area contributed by atoms with E-state index in [2.05, 4.69) is 15.7 Å². The third kappa shape index (κ3) is 5.98. The molecule has 9 nitrogen and oxygen atoms in total. The fraction of sp³-hybridized carbons (Fsp3) is 0.136. The molecule has 33 heavy (non-hydrogen) atoms. The third-order valence-corrected chi connectivity index (χ3v) is 4.30. The first-order valence-corrected chi connectivity index (χ1v) is 9.61. The molecule has 0 fully saturated rings. The molecule has 0 aliphatic heterocycles. The number of nitrogens with one attached hydrogen (secondary N) is 2. The molecule has 0 spiro atoms. The lowest BCUT2D eigenvalue weighted by atomic mass is 10.2. The number of nitriles is 1. The van der Waals surface area contributed by atoms with Gasteiger partial charge in [0.2, 0.25) is 0 Å². The Kier molecular flexibility index (Phi) is 7.43. The zero-order valence-corrected chi connectivity index (χ0v) is 17.0. The summed E-state index contributed by atoms with van der Waals surface area (Å²) >= 11 is 0. The normalized spacial score (nSPS) is 10.2. The first-order chi connectivity index (χ1) is 15.9. The zero-order chi connectivity index (χ0) is 23.8. The van der Waals surface area contributed by atoms with E-state index in [4.69, 9.17) is 4.74 Å². The number of esters is 1. The van der Waals surface area contributed by atoms with E-state index in [1.807, 2.05) is 6.07 Å². The van der Waals surface area contributed by atoms with Crippen LogP contribution in [0.1, 0.15) is 22.3 Å². The molecule has 2 aromatic carbocycles. The molecule has 0 aliphatic rings. The molecule has 0 unspecified atom stereocenters. The number of nitrogens with zero attached hydrogens (tertiary/aromatic N) is 3. The van der Waals surface area contributed by atoms with E-state index >= 15 is 0 Å². The molecule has 1 aromatic heterocycles. The number of amides is 2. The largest absolute Gasteiger partial charge is 0.456 e. The molecule has 1 heterocycles. The quantitative estimate of drug-likeness (QED) is 0.504. The molecule has 0 radical (unpaired) electrons. The number of halogens is 2. The highest BCUT2D eigenvalue weighted by Crippen LogP contribution is 2.19. The van der Waals surface area contributed by atoms with Crippen LogP contribution in [-0.4, -0.2) is 40.7 Å². The highest BCUT2D eigenvalue weighted by molar-refractivity contribution is 5.95. The van der Waals surface area contributed by atoms with E-state index < -0.39 is 36.0 Å². The van der Waals surface area contributed by atoms with Crippen molar-refractivity contribution in [2.45, 2.75) is 6.42 Å². The van der Waals surface area contributed by atoms with Crippen LogP contribution in [0.25, 0.3) is 5.69 Å².